The van der Waals surface area contributed by atoms with Gasteiger partial charge in [0.25, 0.3) is 0 Å². The second-order valence-electron chi connectivity index (χ2n) is 13.5. The quantitative estimate of drug-likeness (QED) is 0.202. The molecule has 0 atom stereocenters. The lowest BCUT2D eigenvalue weighted by Crippen LogP contribution is -2.35. The molecule has 1 aliphatic heterocycles. The average Bonchev–Trinajstić information content (AvgIpc) is 3.41. The number of rotatable bonds is 5. The van der Waals surface area contributed by atoms with E-state index in [-0.39, 0.29) is 11.6 Å². The molecular weight excluding hydrogens is 595 g/mol. The lowest BCUT2D eigenvalue weighted by atomic mass is 9.78. The van der Waals surface area contributed by atoms with Crippen molar-refractivity contribution in [3.63, 3.8) is 0 Å². The highest BCUT2D eigenvalue weighted by molar-refractivity contribution is 6.16. The summed E-state index contributed by atoms with van der Waals surface area (Å²) in [6.45, 7) is 4.77. The molecule has 0 aromatic heterocycles. The molecule has 2 aliphatic rings. The zero-order valence-electron chi connectivity index (χ0n) is 27.6. The van der Waals surface area contributed by atoms with Gasteiger partial charge in [0.15, 0.2) is 6.17 Å². The van der Waals surface area contributed by atoms with Gasteiger partial charge in [-0.1, -0.05) is 159 Å². The fourth-order valence-electron chi connectivity index (χ4n) is 7.68. The molecule has 1 heterocycles. The van der Waals surface area contributed by atoms with Gasteiger partial charge in [-0.05, 0) is 79.0 Å². The lowest BCUT2D eigenvalue weighted by molar-refractivity contribution is 0.666. The van der Waals surface area contributed by atoms with Gasteiger partial charge in [0.05, 0.1) is 0 Å². The molecule has 0 radical (unpaired) electrons. The smallest absolute Gasteiger partial charge is 0.169 e. The summed E-state index contributed by atoms with van der Waals surface area (Å²) in [4.78, 5) is 10.3. The molecule has 3 nitrogen and oxygen atoms in total. The molecule has 0 bridgehead atoms. The van der Waals surface area contributed by atoms with Gasteiger partial charge < -0.3 is 5.32 Å². The van der Waals surface area contributed by atoms with Crippen LogP contribution in [-0.4, -0.2) is 11.7 Å². The van der Waals surface area contributed by atoms with Gasteiger partial charge in [0, 0.05) is 16.5 Å². The maximum absolute atomic E-state index is 5.13. The minimum atomic E-state index is -0.374. The Kier molecular flexibility index (Phi) is 6.87. The monoisotopic (exact) mass is 629 g/mol. The van der Waals surface area contributed by atoms with E-state index in [1.54, 1.807) is 0 Å². The third kappa shape index (κ3) is 4.98. The molecule has 7 aromatic carbocycles. The molecule has 0 amide bonds. The number of hydrogen-bond donors (Lipinski definition) is 1. The Morgan fingerprint density at radius 2 is 1.06 bits per heavy atom. The number of aliphatic imine (C=N–C) groups is 2. The Balaban J connectivity index is 1.16. The first-order valence-electron chi connectivity index (χ1n) is 16.9. The van der Waals surface area contributed by atoms with Crippen molar-refractivity contribution < 1.29 is 0 Å². The maximum Gasteiger partial charge on any atom is 0.169 e. The van der Waals surface area contributed by atoms with Crippen LogP contribution in [0.5, 0.6) is 0 Å². The molecule has 0 spiro atoms. The van der Waals surface area contributed by atoms with Crippen molar-refractivity contribution >= 4 is 22.4 Å². The van der Waals surface area contributed by atoms with Crippen LogP contribution >= 0.6 is 0 Å². The van der Waals surface area contributed by atoms with Gasteiger partial charge in [-0.25, -0.2) is 9.98 Å². The van der Waals surface area contributed by atoms with E-state index in [0.29, 0.717) is 0 Å². The molecular formula is C46H35N3. The normalized spacial score (nSPS) is 14.8. The summed E-state index contributed by atoms with van der Waals surface area (Å²) in [5.74, 6) is 1.65. The van der Waals surface area contributed by atoms with E-state index < -0.39 is 0 Å². The standard InChI is InChI=1S/C46H35N3/c1-46(2)40-29-34(25-26-38(40)41-39(30-15-6-3-7-16-30)28-35-21-12-13-24-37(35)42(41)46)33-22-14-23-36(27-33)45-48-43(31-17-8-4-9-18-31)47-44(49-45)32-19-10-5-11-20-32/h3-29,45H,1-2H3,(H,47,48,49). The SMILES string of the molecule is CC1(C)c2cc(-c3cccc(C4N=C(c5ccccc5)NC(c5ccccc5)=N4)c3)ccc2-c2c(-c3ccccc3)cc3ccccc3c21. The van der Waals surface area contributed by atoms with Crippen LogP contribution in [0.1, 0.15) is 47.8 Å². The van der Waals surface area contributed by atoms with E-state index in [1.165, 1.54) is 49.7 Å². The first-order valence-corrected chi connectivity index (χ1v) is 16.9. The molecule has 0 saturated heterocycles. The fourth-order valence-corrected chi connectivity index (χ4v) is 7.68. The van der Waals surface area contributed by atoms with Crippen LogP contribution in [0.2, 0.25) is 0 Å². The highest BCUT2D eigenvalue weighted by atomic mass is 15.2. The Hall–Kier alpha value is -6.06. The minimum absolute atomic E-state index is 0.179. The molecule has 1 N–H and O–H groups in total. The van der Waals surface area contributed by atoms with Gasteiger partial charge in [-0.3, -0.25) is 0 Å². The Labute approximate surface area is 287 Å². The predicted molar refractivity (Wildman–Crippen MR) is 204 cm³/mol. The summed E-state index contributed by atoms with van der Waals surface area (Å²) in [5, 5.41) is 6.11. The zero-order chi connectivity index (χ0) is 33.0. The topological polar surface area (TPSA) is 36.8 Å². The second kappa shape index (κ2) is 11.6. The van der Waals surface area contributed by atoms with E-state index in [1.807, 2.05) is 36.4 Å². The van der Waals surface area contributed by atoms with Crippen LogP contribution in [0.25, 0.3) is 44.2 Å². The van der Waals surface area contributed by atoms with Crippen molar-refractivity contribution in [1.82, 2.24) is 5.32 Å². The molecule has 0 unspecified atom stereocenters. The summed E-state index contributed by atoms with van der Waals surface area (Å²) in [5.41, 5.74) is 13.3. The van der Waals surface area contributed by atoms with Crippen molar-refractivity contribution in [2.24, 2.45) is 9.98 Å². The first kappa shape index (κ1) is 29.1. The van der Waals surface area contributed by atoms with E-state index in [4.69, 9.17) is 9.98 Å². The lowest BCUT2D eigenvalue weighted by Gasteiger charge is -2.24. The number of hydrogen-bond acceptors (Lipinski definition) is 3. The highest BCUT2D eigenvalue weighted by Crippen LogP contribution is 2.55. The highest BCUT2D eigenvalue weighted by Gasteiger charge is 2.39. The van der Waals surface area contributed by atoms with Crippen LogP contribution in [0.15, 0.2) is 174 Å². The number of nitrogens with one attached hydrogen (secondary N) is 1. The predicted octanol–water partition coefficient (Wildman–Crippen LogP) is 11.0. The largest absolute Gasteiger partial charge is 0.324 e. The summed E-state index contributed by atoms with van der Waals surface area (Å²) >= 11 is 0. The molecule has 9 rings (SSSR count). The summed E-state index contributed by atoms with van der Waals surface area (Å²) in [6.07, 6.45) is -0.374. The molecule has 3 heteroatoms. The number of nitrogens with zero attached hydrogens (tertiary/aromatic N) is 2. The summed E-state index contributed by atoms with van der Waals surface area (Å²) < 4.78 is 0. The molecule has 7 aromatic rings. The summed E-state index contributed by atoms with van der Waals surface area (Å²) in [7, 11) is 0. The Bertz CT molecular complexity index is 2370. The molecule has 0 saturated carbocycles. The van der Waals surface area contributed by atoms with Crippen molar-refractivity contribution in [2.45, 2.75) is 25.4 Å². The van der Waals surface area contributed by atoms with Crippen LogP contribution < -0.4 is 5.32 Å². The Morgan fingerprint density at radius 1 is 0.490 bits per heavy atom. The van der Waals surface area contributed by atoms with Gasteiger partial charge in [-0.2, -0.15) is 0 Å². The van der Waals surface area contributed by atoms with Crippen molar-refractivity contribution in [3.05, 3.63) is 192 Å². The van der Waals surface area contributed by atoms with E-state index >= 15 is 0 Å². The van der Waals surface area contributed by atoms with E-state index in [0.717, 1.165) is 33.9 Å². The van der Waals surface area contributed by atoms with E-state index in [9.17, 15) is 0 Å². The third-order valence-electron chi connectivity index (χ3n) is 10.1. The molecule has 1 aliphatic carbocycles. The second-order valence-corrected chi connectivity index (χ2v) is 13.5. The van der Waals surface area contributed by atoms with Gasteiger partial charge >= 0.3 is 0 Å². The fraction of sp³-hybridized carbons (Fsp3) is 0.0870. The Morgan fingerprint density at radius 3 is 1.73 bits per heavy atom. The van der Waals surface area contributed by atoms with Crippen LogP contribution in [0.4, 0.5) is 0 Å². The average molecular weight is 630 g/mol. The third-order valence-corrected chi connectivity index (χ3v) is 10.1. The van der Waals surface area contributed by atoms with E-state index in [2.05, 4.69) is 147 Å². The van der Waals surface area contributed by atoms with Crippen LogP contribution in [-0.2, 0) is 5.41 Å². The number of benzene rings is 7. The number of amidine groups is 2. The first-order chi connectivity index (χ1) is 24.0. The minimum Gasteiger partial charge on any atom is -0.324 e. The van der Waals surface area contributed by atoms with Crippen LogP contribution in [0.3, 0.4) is 0 Å². The number of fused-ring (bicyclic) bond motifs is 5. The maximum atomic E-state index is 5.13. The van der Waals surface area contributed by atoms with Crippen molar-refractivity contribution in [2.75, 3.05) is 0 Å². The van der Waals surface area contributed by atoms with Gasteiger partial charge in [0.1, 0.15) is 11.7 Å². The molecule has 49 heavy (non-hydrogen) atoms. The van der Waals surface area contributed by atoms with Gasteiger partial charge in [-0.15, -0.1) is 0 Å². The molecule has 234 valence electrons. The van der Waals surface area contributed by atoms with Gasteiger partial charge in [0.2, 0.25) is 0 Å². The van der Waals surface area contributed by atoms with Crippen molar-refractivity contribution in [3.8, 4) is 33.4 Å². The van der Waals surface area contributed by atoms with Crippen molar-refractivity contribution in [1.29, 1.82) is 0 Å². The zero-order valence-corrected chi connectivity index (χ0v) is 27.6. The van der Waals surface area contributed by atoms with Crippen LogP contribution in [0, 0.1) is 0 Å². The summed E-state index contributed by atoms with van der Waals surface area (Å²) in [6, 6.07) is 58.4. The molecule has 0 fully saturated rings.